The first-order valence-electron chi connectivity index (χ1n) is 27.6. The molecule has 7 N–H and O–H groups in total. The van der Waals surface area contributed by atoms with Gasteiger partial charge in [0.1, 0.15) is 55.4 Å². The molecule has 0 spiro atoms. The normalized spacial score (nSPS) is 25.6. The maximum Gasteiger partial charge on any atom is 0.306 e. The number of aliphatic hydroxyl groups excluding tert-OH is 7. The molecule has 11 atom stereocenters. The zero-order valence-electron chi connectivity index (χ0n) is 43.3. The molecular formula is C55H98O15. The topological polar surface area (TPSA) is 231 Å². The second-order valence-corrected chi connectivity index (χ2v) is 19.4. The molecule has 2 fully saturated rings. The van der Waals surface area contributed by atoms with Crippen LogP contribution in [-0.2, 0) is 38.0 Å². The molecule has 0 aromatic heterocycles. The van der Waals surface area contributed by atoms with E-state index in [1.807, 2.05) is 0 Å². The van der Waals surface area contributed by atoms with E-state index in [9.17, 15) is 45.3 Å². The zero-order valence-corrected chi connectivity index (χ0v) is 43.3. The summed E-state index contributed by atoms with van der Waals surface area (Å²) in [7, 11) is 0. The summed E-state index contributed by atoms with van der Waals surface area (Å²) >= 11 is 0. The van der Waals surface area contributed by atoms with Crippen molar-refractivity contribution in [1.82, 2.24) is 0 Å². The second-order valence-electron chi connectivity index (χ2n) is 19.4. The average molecular weight is 999 g/mol. The van der Waals surface area contributed by atoms with Gasteiger partial charge in [-0.25, -0.2) is 0 Å². The molecule has 0 amide bonds. The highest BCUT2D eigenvalue weighted by atomic mass is 16.7. The number of carbonyl (C=O) groups is 2. The zero-order chi connectivity index (χ0) is 51.0. The van der Waals surface area contributed by atoms with Gasteiger partial charge >= 0.3 is 11.9 Å². The van der Waals surface area contributed by atoms with Crippen molar-refractivity contribution >= 4 is 11.9 Å². The molecule has 70 heavy (non-hydrogen) atoms. The van der Waals surface area contributed by atoms with E-state index in [1.54, 1.807) is 0 Å². The predicted molar refractivity (Wildman–Crippen MR) is 270 cm³/mol. The van der Waals surface area contributed by atoms with Gasteiger partial charge < -0.3 is 64.2 Å². The third-order valence-corrected chi connectivity index (χ3v) is 13.1. The van der Waals surface area contributed by atoms with Crippen molar-refractivity contribution < 1.29 is 73.8 Å². The lowest BCUT2D eigenvalue weighted by atomic mass is 9.98. The minimum atomic E-state index is -1.77. The Bertz CT molecular complexity index is 1360. The summed E-state index contributed by atoms with van der Waals surface area (Å²) in [4.78, 5) is 25.8. The largest absolute Gasteiger partial charge is 0.462 e. The van der Waals surface area contributed by atoms with Crippen molar-refractivity contribution in [3.8, 4) is 0 Å². The molecule has 0 aromatic rings. The van der Waals surface area contributed by atoms with E-state index in [0.717, 1.165) is 44.9 Å². The van der Waals surface area contributed by atoms with E-state index >= 15 is 0 Å². The van der Waals surface area contributed by atoms with Crippen LogP contribution in [0, 0.1) is 0 Å². The number of ether oxygens (including phenoxy) is 6. The third kappa shape index (κ3) is 29.4. The summed E-state index contributed by atoms with van der Waals surface area (Å²) in [6.07, 6.45) is 28.9. The Kier molecular flexibility index (Phi) is 38.4. The van der Waals surface area contributed by atoms with Crippen LogP contribution in [0.15, 0.2) is 36.5 Å². The van der Waals surface area contributed by atoms with E-state index in [2.05, 4.69) is 50.3 Å². The second kappa shape index (κ2) is 42.1. The lowest BCUT2D eigenvalue weighted by molar-refractivity contribution is -0.332. The molecule has 15 heteroatoms. The van der Waals surface area contributed by atoms with Gasteiger partial charge in [0.25, 0.3) is 0 Å². The quantitative estimate of drug-likeness (QED) is 0.0173. The lowest BCUT2D eigenvalue weighted by Gasteiger charge is -2.42. The van der Waals surface area contributed by atoms with Crippen LogP contribution < -0.4 is 0 Å². The highest BCUT2D eigenvalue weighted by Crippen LogP contribution is 2.26. The summed E-state index contributed by atoms with van der Waals surface area (Å²) in [6, 6.07) is 0. The number of rotatable bonds is 43. The van der Waals surface area contributed by atoms with Crippen molar-refractivity contribution in [1.29, 1.82) is 0 Å². The molecule has 15 nitrogen and oxygen atoms in total. The molecule has 2 rings (SSSR count). The summed E-state index contributed by atoms with van der Waals surface area (Å²) < 4.78 is 33.6. The molecular weight excluding hydrogens is 901 g/mol. The molecule has 0 aliphatic carbocycles. The van der Waals surface area contributed by atoms with Gasteiger partial charge in [0.2, 0.25) is 0 Å². The van der Waals surface area contributed by atoms with Crippen LogP contribution in [0.25, 0.3) is 0 Å². The molecule has 4 unspecified atom stereocenters. The van der Waals surface area contributed by atoms with Gasteiger partial charge in [0.15, 0.2) is 18.7 Å². The highest BCUT2D eigenvalue weighted by molar-refractivity contribution is 5.70. The molecule has 0 aromatic carbocycles. The van der Waals surface area contributed by atoms with E-state index in [0.29, 0.717) is 19.3 Å². The molecule has 2 heterocycles. The Labute approximate surface area is 421 Å². The van der Waals surface area contributed by atoms with E-state index < -0.39 is 99.3 Å². The maximum atomic E-state index is 13.0. The number of esters is 2. The standard InChI is InChI=1S/C55H98O15/c1-3-5-7-9-11-13-15-17-19-21-23-25-27-29-31-33-35-37-46(57)65-40-43(68-47(58)38-36-34-32-30-28-26-24-22-20-18-16-14-12-10-8-6-4-2)41-66-54-53(64)51(62)49(60)45(70-54)42-67-55-52(63)50(61)48(59)44(39-56)69-55/h18,20,23,25,29,31,43-45,48-56,59-64H,3-17,19,21-22,24,26-28,30,32-42H2,1-2H3/b20-18+,25-23+,31-29+/t43-,44+,45+,48-,49-,50?,51?,52?,53?,54+,55+/m0/s1. The first kappa shape index (κ1) is 63.8. The van der Waals surface area contributed by atoms with Gasteiger partial charge in [-0.15, -0.1) is 0 Å². The van der Waals surface area contributed by atoms with Crippen molar-refractivity contribution in [2.45, 2.75) is 274 Å². The van der Waals surface area contributed by atoms with Crippen molar-refractivity contribution in [2.75, 3.05) is 26.4 Å². The van der Waals surface area contributed by atoms with Crippen molar-refractivity contribution in [3.05, 3.63) is 36.5 Å². The summed E-state index contributed by atoms with van der Waals surface area (Å²) in [6.45, 7) is 2.56. The van der Waals surface area contributed by atoms with Crippen molar-refractivity contribution in [2.24, 2.45) is 0 Å². The fourth-order valence-electron chi connectivity index (χ4n) is 8.55. The van der Waals surface area contributed by atoms with Gasteiger partial charge in [-0.1, -0.05) is 166 Å². The average Bonchev–Trinajstić information content (AvgIpc) is 3.35. The molecule has 2 saturated heterocycles. The molecule has 0 radical (unpaired) electrons. The Balaban J connectivity index is 1.80. The monoisotopic (exact) mass is 999 g/mol. The molecule has 0 saturated carbocycles. The summed E-state index contributed by atoms with van der Waals surface area (Å²) in [5.74, 6) is -0.978. The minimum Gasteiger partial charge on any atom is -0.462 e. The first-order chi connectivity index (χ1) is 34.0. The van der Waals surface area contributed by atoms with Gasteiger partial charge in [0.05, 0.1) is 19.8 Å². The van der Waals surface area contributed by atoms with Crippen LogP contribution >= 0.6 is 0 Å². The fourth-order valence-corrected chi connectivity index (χ4v) is 8.55. The molecule has 0 bridgehead atoms. The first-order valence-corrected chi connectivity index (χ1v) is 27.6. The van der Waals surface area contributed by atoms with Crippen LogP contribution in [0.1, 0.15) is 206 Å². The lowest BCUT2D eigenvalue weighted by Crippen LogP contribution is -2.61. The maximum absolute atomic E-state index is 13.0. The summed E-state index contributed by atoms with van der Waals surface area (Å²) in [5.41, 5.74) is 0. The molecule has 2 aliphatic rings. The minimum absolute atomic E-state index is 0.152. The van der Waals surface area contributed by atoms with Gasteiger partial charge in [-0.05, 0) is 64.2 Å². The van der Waals surface area contributed by atoms with E-state index in [4.69, 9.17) is 28.4 Å². The SMILES string of the molecule is CCCCCCCC/C=C/CCCCCCCCCC(=O)O[C@@H](COC(=O)CCC/C=C/C/C=C/CCCCCCCCCCC)CO[C@@H]1O[C@H](CO[C@@H]2O[C@H](CO)[C@H](O)C(O)C2O)[C@H](O)C(O)C1O. The van der Waals surface area contributed by atoms with E-state index in [-0.39, 0.29) is 19.4 Å². The number of aliphatic hydroxyl groups is 7. The predicted octanol–water partition coefficient (Wildman–Crippen LogP) is 8.49. The third-order valence-electron chi connectivity index (χ3n) is 13.1. The molecule has 2 aliphatic heterocycles. The Morgan fingerprint density at radius 3 is 1.39 bits per heavy atom. The smallest absolute Gasteiger partial charge is 0.306 e. The van der Waals surface area contributed by atoms with Crippen LogP contribution in [-0.4, -0.2) is 142 Å². The molecule has 408 valence electrons. The van der Waals surface area contributed by atoms with Crippen LogP contribution in [0.2, 0.25) is 0 Å². The summed E-state index contributed by atoms with van der Waals surface area (Å²) in [5, 5.41) is 72.2. The highest BCUT2D eigenvalue weighted by Gasteiger charge is 2.47. The fraction of sp³-hybridized carbons (Fsp3) is 0.855. The number of hydrogen-bond donors (Lipinski definition) is 7. The number of carbonyl (C=O) groups excluding carboxylic acids is 2. The van der Waals surface area contributed by atoms with Crippen LogP contribution in [0.3, 0.4) is 0 Å². The van der Waals surface area contributed by atoms with Crippen LogP contribution in [0.4, 0.5) is 0 Å². The number of allylic oxidation sites excluding steroid dienone is 6. The van der Waals surface area contributed by atoms with Crippen molar-refractivity contribution in [3.63, 3.8) is 0 Å². The number of hydrogen-bond acceptors (Lipinski definition) is 15. The van der Waals surface area contributed by atoms with Gasteiger partial charge in [-0.3, -0.25) is 9.59 Å². The van der Waals surface area contributed by atoms with Crippen LogP contribution in [0.5, 0.6) is 0 Å². The van der Waals surface area contributed by atoms with E-state index in [1.165, 1.54) is 116 Å². The van der Waals surface area contributed by atoms with Gasteiger partial charge in [-0.2, -0.15) is 0 Å². The Hall–Kier alpha value is -2.28. The van der Waals surface area contributed by atoms with Gasteiger partial charge in [0, 0.05) is 12.8 Å². The Morgan fingerprint density at radius 2 is 0.871 bits per heavy atom. The number of unbranched alkanes of at least 4 members (excludes halogenated alkanes) is 23. The Morgan fingerprint density at radius 1 is 0.457 bits per heavy atom.